The molecule has 1 rings (SSSR count). The second-order valence-electron chi connectivity index (χ2n) is 4.84. The van der Waals surface area contributed by atoms with E-state index in [1.807, 2.05) is 13.8 Å². The van der Waals surface area contributed by atoms with Gasteiger partial charge >= 0.3 is 5.97 Å². The lowest BCUT2D eigenvalue weighted by Gasteiger charge is -2.25. The van der Waals surface area contributed by atoms with Crippen molar-refractivity contribution in [1.82, 2.24) is 5.32 Å². The van der Waals surface area contributed by atoms with Crippen LogP contribution in [0.2, 0.25) is 0 Å². The lowest BCUT2D eigenvalue weighted by atomic mass is 10.0. The largest absolute Gasteiger partial charge is 0.508 e. The number of esters is 1. The zero-order valence-electron chi connectivity index (χ0n) is 11.6. The molecule has 2 N–H and O–H groups in total. The van der Waals surface area contributed by atoms with Gasteiger partial charge in [-0.2, -0.15) is 0 Å². The van der Waals surface area contributed by atoms with Crippen LogP contribution < -0.4 is 5.32 Å². The molecule has 0 aliphatic heterocycles. The number of aromatic hydroxyl groups is 1. The number of ether oxygens (including phenoxy) is 1. The van der Waals surface area contributed by atoms with E-state index in [-0.39, 0.29) is 23.7 Å². The van der Waals surface area contributed by atoms with E-state index in [4.69, 9.17) is 4.74 Å². The highest BCUT2D eigenvalue weighted by Crippen LogP contribution is 2.25. The molecule has 0 aliphatic carbocycles. The molecule has 0 fully saturated rings. The molecular weight excluding hydrogens is 249 g/mol. The molecule has 1 aromatic rings. The Morgan fingerprint density at radius 1 is 1.37 bits per heavy atom. The molecule has 0 saturated carbocycles. The Balaban J connectivity index is 2.90. The third-order valence-corrected chi connectivity index (χ3v) is 3.01. The van der Waals surface area contributed by atoms with E-state index in [9.17, 15) is 14.3 Å². The van der Waals surface area contributed by atoms with Crippen LogP contribution in [0, 0.1) is 11.7 Å². The normalized spacial score (nSPS) is 14.2. The lowest BCUT2D eigenvalue weighted by Crippen LogP contribution is -2.43. The number of rotatable bonds is 5. The van der Waals surface area contributed by atoms with Gasteiger partial charge in [-0.05, 0) is 31.0 Å². The van der Waals surface area contributed by atoms with Crippen LogP contribution in [0.25, 0.3) is 0 Å². The smallest absolute Gasteiger partial charge is 0.323 e. The van der Waals surface area contributed by atoms with Crippen molar-refractivity contribution < 1.29 is 19.0 Å². The number of methoxy groups -OCH3 is 1. The zero-order valence-corrected chi connectivity index (χ0v) is 11.6. The maximum atomic E-state index is 13.2. The SMILES string of the molecule is COC(=O)C(NC(C)c1cc(F)ccc1O)C(C)C. The van der Waals surface area contributed by atoms with E-state index < -0.39 is 11.9 Å². The quantitative estimate of drug-likeness (QED) is 0.806. The summed E-state index contributed by atoms with van der Waals surface area (Å²) in [5.74, 6) is -0.794. The van der Waals surface area contributed by atoms with Crippen LogP contribution in [-0.4, -0.2) is 24.2 Å². The van der Waals surface area contributed by atoms with Gasteiger partial charge < -0.3 is 9.84 Å². The van der Waals surface area contributed by atoms with Crippen LogP contribution in [0.5, 0.6) is 5.75 Å². The molecule has 0 saturated heterocycles. The molecule has 4 nitrogen and oxygen atoms in total. The van der Waals surface area contributed by atoms with Gasteiger partial charge in [-0.15, -0.1) is 0 Å². The fourth-order valence-corrected chi connectivity index (χ4v) is 1.89. The predicted molar refractivity (Wildman–Crippen MR) is 70.3 cm³/mol. The minimum absolute atomic E-state index is 0.00577. The highest BCUT2D eigenvalue weighted by molar-refractivity contribution is 5.76. The van der Waals surface area contributed by atoms with Crippen molar-refractivity contribution in [3.8, 4) is 5.75 Å². The molecule has 0 amide bonds. The van der Waals surface area contributed by atoms with E-state index in [2.05, 4.69) is 5.32 Å². The second-order valence-corrected chi connectivity index (χ2v) is 4.84. The standard InChI is InChI=1S/C14H20FNO3/c1-8(2)13(14(18)19-4)16-9(3)11-7-10(15)5-6-12(11)17/h5-9,13,16-17H,1-4H3. The molecule has 0 aliphatic rings. The minimum Gasteiger partial charge on any atom is -0.508 e. The molecule has 5 heteroatoms. The first-order valence-corrected chi connectivity index (χ1v) is 6.19. The Morgan fingerprint density at radius 3 is 2.53 bits per heavy atom. The number of carbonyl (C=O) groups excluding carboxylic acids is 1. The molecule has 2 atom stereocenters. The number of hydrogen-bond acceptors (Lipinski definition) is 4. The molecule has 0 radical (unpaired) electrons. The van der Waals surface area contributed by atoms with Gasteiger partial charge in [-0.25, -0.2) is 4.39 Å². The van der Waals surface area contributed by atoms with Crippen molar-refractivity contribution in [2.75, 3.05) is 7.11 Å². The van der Waals surface area contributed by atoms with E-state index in [1.54, 1.807) is 6.92 Å². The first-order valence-electron chi connectivity index (χ1n) is 6.19. The number of phenolic OH excluding ortho intramolecular Hbond substituents is 1. The molecule has 0 bridgehead atoms. The Hall–Kier alpha value is -1.62. The number of carbonyl (C=O) groups is 1. The van der Waals surface area contributed by atoms with Gasteiger partial charge in [-0.1, -0.05) is 13.8 Å². The van der Waals surface area contributed by atoms with E-state index in [1.165, 1.54) is 25.3 Å². The highest BCUT2D eigenvalue weighted by Gasteiger charge is 2.25. The summed E-state index contributed by atoms with van der Waals surface area (Å²) in [7, 11) is 1.32. The molecule has 0 spiro atoms. The van der Waals surface area contributed by atoms with Crippen molar-refractivity contribution in [1.29, 1.82) is 0 Å². The zero-order chi connectivity index (χ0) is 14.6. The van der Waals surface area contributed by atoms with Gasteiger partial charge in [0.25, 0.3) is 0 Å². The molecule has 0 aromatic heterocycles. The second kappa shape index (κ2) is 6.52. The van der Waals surface area contributed by atoms with Crippen LogP contribution >= 0.6 is 0 Å². The van der Waals surface area contributed by atoms with Gasteiger partial charge in [0.2, 0.25) is 0 Å². The highest BCUT2D eigenvalue weighted by atomic mass is 19.1. The average molecular weight is 269 g/mol. The predicted octanol–water partition coefficient (Wildman–Crippen LogP) is 2.38. The van der Waals surface area contributed by atoms with Crippen LogP contribution in [0.3, 0.4) is 0 Å². The Kier molecular flexibility index (Phi) is 5.30. The minimum atomic E-state index is -0.511. The van der Waals surface area contributed by atoms with Crippen molar-refractivity contribution in [3.63, 3.8) is 0 Å². The van der Waals surface area contributed by atoms with Crippen LogP contribution in [-0.2, 0) is 9.53 Å². The number of benzene rings is 1. The molecule has 2 unspecified atom stereocenters. The number of phenols is 1. The number of halogens is 1. The van der Waals surface area contributed by atoms with Crippen LogP contribution in [0.4, 0.5) is 4.39 Å². The maximum Gasteiger partial charge on any atom is 0.323 e. The maximum absolute atomic E-state index is 13.2. The summed E-state index contributed by atoms with van der Waals surface area (Å²) in [6.07, 6.45) is 0. The molecule has 19 heavy (non-hydrogen) atoms. The Bertz CT molecular complexity index is 448. The first kappa shape index (κ1) is 15.4. The lowest BCUT2D eigenvalue weighted by molar-refractivity contribution is -0.144. The summed E-state index contributed by atoms with van der Waals surface area (Å²) >= 11 is 0. The van der Waals surface area contributed by atoms with Gasteiger partial charge in [0.1, 0.15) is 17.6 Å². The fraction of sp³-hybridized carbons (Fsp3) is 0.500. The summed E-state index contributed by atoms with van der Waals surface area (Å²) in [6.45, 7) is 5.52. The Morgan fingerprint density at radius 2 is 2.00 bits per heavy atom. The summed E-state index contributed by atoms with van der Waals surface area (Å²) in [6, 6.07) is 2.85. The third-order valence-electron chi connectivity index (χ3n) is 3.01. The first-order chi connectivity index (χ1) is 8.86. The van der Waals surface area contributed by atoms with Gasteiger partial charge in [0.05, 0.1) is 7.11 Å². The van der Waals surface area contributed by atoms with E-state index in [0.717, 1.165) is 0 Å². The third kappa shape index (κ3) is 3.92. The monoisotopic (exact) mass is 269 g/mol. The number of nitrogens with one attached hydrogen (secondary N) is 1. The molecule has 1 aromatic carbocycles. The van der Waals surface area contributed by atoms with Crippen molar-refractivity contribution in [2.24, 2.45) is 5.92 Å². The fourth-order valence-electron chi connectivity index (χ4n) is 1.89. The number of hydrogen-bond donors (Lipinski definition) is 2. The average Bonchev–Trinajstić information content (AvgIpc) is 2.37. The van der Waals surface area contributed by atoms with Crippen LogP contribution in [0.15, 0.2) is 18.2 Å². The summed E-state index contributed by atoms with van der Waals surface area (Å²) < 4.78 is 17.9. The molecule has 106 valence electrons. The van der Waals surface area contributed by atoms with E-state index >= 15 is 0 Å². The summed E-state index contributed by atoms with van der Waals surface area (Å²) in [4.78, 5) is 11.7. The molecular formula is C14H20FNO3. The summed E-state index contributed by atoms with van der Waals surface area (Å²) in [5.41, 5.74) is 0.412. The van der Waals surface area contributed by atoms with Gasteiger partial charge in [0.15, 0.2) is 0 Å². The molecule has 0 heterocycles. The topological polar surface area (TPSA) is 58.6 Å². The van der Waals surface area contributed by atoms with Gasteiger partial charge in [0, 0.05) is 11.6 Å². The van der Waals surface area contributed by atoms with Crippen molar-refractivity contribution >= 4 is 5.97 Å². The van der Waals surface area contributed by atoms with Crippen molar-refractivity contribution in [3.05, 3.63) is 29.6 Å². The van der Waals surface area contributed by atoms with Crippen molar-refractivity contribution in [2.45, 2.75) is 32.9 Å². The van der Waals surface area contributed by atoms with Crippen LogP contribution in [0.1, 0.15) is 32.4 Å². The summed E-state index contributed by atoms with van der Waals surface area (Å²) in [5, 5.41) is 12.8. The Labute approximate surface area is 112 Å². The van der Waals surface area contributed by atoms with Gasteiger partial charge in [-0.3, -0.25) is 10.1 Å². The van der Waals surface area contributed by atoms with E-state index in [0.29, 0.717) is 5.56 Å².